The van der Waals surface area contributed by atoms with E-state index >= 15 is 0 Å². The minimum atomic E-state index is -0.172. The SMILES string of the molecule is CCCc1nnsc1C(N)c1ccnn1C. The first kappa shape index (κ1) is 11.2. The van der Waals surface area contributed by atoms with Crippen LogP contribution in [-0.2, 0) is 13.5 Å². The lowest BCUT2D eigenvalue weighted by molar-refractivity contribution is 0.672. The van der Waals surface area contributed by atoms with Crippen molar-refractivity contribution in [1.29, 1.82) is 0 Å². The van der Waals surface area contributed by atoms with Crippen molar-refractivity contribution in [2.45, 2.75) is 25.8 Å². The summed E-state index contributed by atoms with van der Waals surface area (Å²) in [6.07, 6.45) is 3.73. The molecule has 1 atom stereocenters. The highest BCUT2D eigenvalue weighted by Gasteiger charge is 2.19. The van der Waals surface area contributed by atoms with Crippen molar-refractivity contribution < 1.29 is 0 Å². The first-order valence-electron chi connectivity index (χ1n) is 5.28. The monoisotopic (exact) mass is 237 g/mol. The van der Waals surface area contributed by atoms with Crippen molar-refractivity contribution in [1.82, 2.24) is 19.4 Å². The minimum Gasteiger partial charge on any atom is -0.318 e. The molecule has 16 heavy (non-hydrogen) atoms. The smallest absolute Gasteiger partial charge is 0.0852 e. The van der Waals surface area contributed by atoms with Crippen LogP contribution in [0.15, 0.2) is 12.3 Å². The molecular weight excluding hydrogens is 222 g/mol. The van der Waals surface area contributed by atoms with Gasteiger partial charge in [-0.05, 0) is 24.0 Å². The van der Waals surface area contributed by atoms with Gasteiger partial charge in [-0.25, -0.2) is 0 Å². The lowest BCUT2D eigenvalue weighted by Gasteiger charge is -2.10. The maximum Gasteiger partial charge on any atom is 0.0852 e. The first-order chi connectivity index (χ1) is 7.74. The fraction of sp³-hybridized carbons (Fsp3) is 0.500. The second kappa shape index (κ2) is 4.71. The second-order valence-electron chi connectivity index (χ2n) is 3.69. The van der Waals surface area contributed by atoms with E-state index in [2.05, 4.69) is 21.6 Å². The Bertz CT molecular complexity index is 461. The molecule has 0 spiro atoms. The molecule has 2 aromatic heterocycles. The number of rotatable bonds is 4. The standard InChI is InChI=1S/C10H15N5S/c1-3-4-7-10(16-14-13-7)9(11)8-5-6-12-15(8)2/h5-6,9H,3-4,11H2,1-2H3. The molecule has 2 rings (SSSR count). The molecule has 0 aliphatic rings. The molecule has 5 nitrogen and oxygen atoms in total. The quantitative estimate of drug-likeness (QED) is 0.869. The summed E-state index contributed by atoms with van der Waals surface area (Å²) in [5.74, 6) is 0. The number of nitrogens with zero attached hydrogens (tertiary/aromatic N) is 4. The molecule has 0 fully saturated rings. The molecule has 0 bridgehead atoms. The average Bonchev–Trinajstić information content (AvgIpc) is 2.87. The van der Waals surface area contributed by atoms with Crippen LogP contribution in [-0.4, -0.2) is 19.4 Å². The largest absolute Gasteiger partial charge is 0.318 e. The highest BCUT2D eigenvalue weighted by Crippen LogP contribution is 2.24. The van der Waals surface area contributed by atoms with Crippen LogP contribution >= 0.6 is 11.5 Å². The Hall–Kier alpha value is -1.27. The second-order valence-corrected chi connectivity index (χ2v) is 4.48. The average molecular weight is 237 g/mol. The molecule has 0 aliphatic heterocycles. The predicted octanol–water partition coefficient (Wildman–Crippen LogP) is 1.27. The number of aryl methyl sites for hydroxylation is 2. The summed E-state index contributed by atoms with van der Waals surface area (Å²) >= 11 is 1.38. The van der Waals surface area contributed by atoms with E-state index in [4.69, 9.17) is 5.73 Å². The van der Waals surface area contributed by atoms with Gasteiger partial charge in [-0.1, -0.05) is 17.8 Å². The van der Waals surface area contributed by atoms with Gasteiger partial charge in [0.2, 0.25) is 0 Å². The maximum atomic E-state index is 6.21. The molecule has 0 radical (unpaired) electrons. The summed E-state index contributed by atoms with van der Waals surface area (Å²) in [4.78, 5) is 1.05. The molecular formula is C10H15N5S. The van der Waals surface area contributed by atoms with Crippen LogP contribution in [0.2, 0.25) is 0 Å². The zero-order chi connectivity index (χ0) is 11.5. The summed E-state index contributed by atoms with van der Waals surface area (Å²) < 4.78 is 5.78. The summed E-state index contributed by atoms with van der Waals surface area (Å²) in [5.41, 5.74) is 8.21. The van der Waals surface area contributed by atoms with E-state index in [1.807, 2.05) is 13.1 Å². The molecule has 86 valence electrons. The fourth-order valence-electron chi connectivity index (χ4n) is 1.69. The minimum absolute atomic E-state index is 0.172. The van der Waals surface area contributed by atoms with Gasteiger partial charge in [-0.3, -0.25) is 4.68 Å². The van der Waals surface area contributed by atoms with Crippen molar-refractivity contribution in [2.24, 2.45) is 12.8 Å². The van der Waals surface area contributed by atoms with Crippen LogP contribution in [0.5, 0.6) is 0 Å². The van der Waals surface area contributed by atoms with Gasteiger partial charge in [0.25, 0.3) is 0 Å². The zero-order valence-corrected chi connectivity index (χ0v) is 10.2. The number of aromatic nitrogens is 4. The number of nitrogens with two attached hydrogens (primary N) is 1. The molecule has 1 unspecified atom stereocenters. The molecule has 0 aromatic carbocycles. The summed E-state index contributed by atoms with van der Waals surface area (Å²) in [6, 6.07) is 1.76. The first-order valence-corrected chi connectivity index (χ1v) is 6.06. The summed E-state index contributed by atoms with van der Waals surface area (Å²) in [7, 11) is 1.89. The maximum absolute atomic E-state index is 6.21. The predicted molar refractivity (Wildman–Crippen MR) is 63.1 cm³/mol. The molecule has 2 N–H and O–H groups in total. The number of hydrogen-bond donors (Lipinski definition) is 1. The molecule has 2 heterocycles. The van der Waals surface area contributed by atoms with Crippen LogP contribution in [0, 0.1) is 0 Å². The topological polar surface area (TPSA) is 69.6 Å². The van der Waals surface area contributed by atoms with E-state index in [1.54, 1.807) is 10.9 Å². The molecule has 0 saturated carbocycles. The highest BCUT2D eigenvalue weighted by atomic mass is 32.1. The van der Waals surface area contributed by atoms with Crippen molar-refractivity contribution in [3.05, 3.63) is 28.5 Å². The Balaban J connectivity index is 2.30. The normalized spacial score (nSPS) is 12.9. The van der Waals surface area contributed by atoms with Gasteiger partial charge in [0.15, 0.2) is 0 Å². The van der Waals surface area contributed by atoms with Crippen molar-refractivity contribution >= 4 is 11.5 Å². The van der Waals surface area contributed by atoms with Crippen LogP contribution in [0.3, 0.4) is 0 Å². The Morgan fingerprint density at radius 1 is 1.56 bits per heavy atom. The van der Waals surface area contributed by atoms with Gasteiger partial charge in [0.05, 0.1) is 22.3 Å². The van der Waals surface area contributed by atoms with Gasteiger partial charge in [-0.2, -0.15) is 5.10 Å². The lowest BCUT2D eigenvalue weighted by atomic mass is 10.1. The van der Waals surface area contributed by atoms with E-state index in [9.17, 15) is 0 Å². The van der Waals surface area contributed by atoms with E-state index in [0.29, 0.717) is 0 Å². The molecule has 2 aromatic rings. The van der Waals surface area contributed by atoms with E-state index in [-0.39, 0.29) is 6.04 Å². The van der Waals surface area contributed by atoms with E-state index < -0.39 is 0 Å². The van der Waals surface area contributed by atoms with Crippen LogP contribution in [0.4, 0.5) is 0 Å². The third kappa shape index (κ3) is 1.98. The van der Waals surface area contributed by atoms with Gasteiger partial charge in [0.1, 0.15) is 0 Å². The van der Waals surface area contributed by atoms with Crippen molar-refractivity contribution in [3.8, 4) is 0 Å². The van der Waals surface area contributed by atoms with Gasteiger partial charge in [0, 0.05) is 13.2 Å². The number of hydrogen-bond acceptors (Lipinski definition) is 5. The molecule has 0 aliphatic carbocycles. The Morgan fingerprint density at radius 3 is 3.00 bits per heavy atom. The summed E-state index contributed by atoms with van der Waals surface area (Å²) in [6.45, 7) is 2.12. The van der Waals surface area contributed by atoms with E-state index in [1.165, 1.54) is 11.5 Å². The van der Waals surface area contributed by atoms with Gasteiger partial charge < -0.3 is 5.73 Å². The Kier molecular flexibility index (Phi) is 3.31. The highest BCUT2D eigenvalue weighted by molar-refractivity contribution is 7.05. The third-order valence-electron chi connectivity index (χ3n) is 2.53. The van der Waals surface area contributed by atoms with Gasteiger partial charge in [-0.15, -0.1) is 5.10 Å². The lowest BCUT2D eigenvalue weighted by Crippen LogP contribution is -2.16. The van der Waals surface area contributed by atoms with Gasteiger partial charge >= 0.3 is 0 Å². The van der Waals surface area contributed by atoms with Crippen molar-refractivity contribution in [3.63, 3.8) is 0 Å². The molecule has 6 heteroatoms. The van der Waals surface area contributed by atoms with Crippen LogP contribution < -0.4 is 5.73 Å². The third-order valence-corrected chi connectivity index (χ3v) is 3.38. The van der Waals surface area contributed by atoms with Crippen molar-refractivity contribution in [2.75, 3.05) is 0 Å². The fourth-order valence-corrected chi connectivity index (χ4v) is 2.40. The zero-order valence-electron chi connectivity index (χ0n) is 9.42. The molecule has 0 saturated heterocycles. The van der Waals surface area contributed by atoms with Crippen LogP contribution in [0.25, 0.3) is 0 Å². The van der Waals surface area contributed by atoms with E-state index in [0.717, 1.165) is 29.1 Å². The summed E-state index contributed by atoms with van der Waals surface area (Å²) in [5, 5.41) is 8.25. The van der Waals surface area contributed by atoms with Crippen LogP contribution in [0.1, 0.15) is 35.7 Å². The Labute approximate surface area is 98.4 Å². The molecule has 0 amide bonds. The Morgan fingerprint density at radius 2 is 2.38 bits per heavy atom.